The number of halogens is 2. The Morgan fingerprint density at radius 2 is 2.00 bits per heavy atom. The normalized spacial score (nSPS) is 10.8. The highest BCUT2D eigenvalue weighted by Crippen LogP contribution is 2.28. The SMILES string of the molecule is COc1cc(OC(F)F)ccc1CCNc1cc(-c2ccc(C(=O)O)c(SC)c2)ncn1. The molecule has 0 saturated heterocycles. The summed E-state index contributed by atoms with van der Waals surface area (Å²) in [6, 6.07) is 11.4. The summed E-state index contributed by atoms with van der Waals surface area (Å²) in [6.45, 7) is -2.39. The molecule has 7 nitrogen and oxygen atoms in total. The van der Waals surface area contributed by atoms with Crippen molar-refractivity contribution in [1.82, 2.24) is 9.97 Å². The highest BCUT2D eigenvalue weighted by molar-refractivity contribution is 7.98. The topological polar surface area (TPSA) is 93.6 Å². The van der Waals surface area contributed by atoms with Gasteiger partial charge in [-0.1, -0.05) is 12.1 Å². The Labute approximate surface area is 187 Å². The van der Waals surface area contributed by atoms with Gasteiger partial charge in [0.2, 0.25) is 0 Å². The van der Waals surface area contributed by atoms with Crippen LogP contribution in [-0.2, 0) is 6.42 Å². The van der Waals surface area contributed by atoms with E-state index in [0.717, 1.165) is 11.1 Å². The van der Waals surface area contributed by atoms with Crippen molar-refractivity contribution in [3.05, 3.63) is 59.9 Å². The van der Waals surface area contributed by atoms with E-state index in [2.05, 4.69) is 20.0 Å². The Balaban J connectivity index is 1.69. The fourth-order valence-corrected chi connectivity index (χ4v) is 3.69. The van der Waals surface area contributed by atoms with Crippen molar-refractivity contribution in [1.29, 1.82) is 0 Å². The number of carbonyl (C=O) groups is 1. The quantitative estimate of drug-likeness (QED) is 0.415. The average molecular weight is 461 g/mol. The van der Waals surface area contributed by atoms with E-state index in [9.17, 15) is 18.7 Å². The number of ether oxygens (including phenoxy) is 2. The summed E-state index contributed by atoms with van der Waals surface area (Å²) >= 11 is 1.35. The molecule has 10 heteroatoms. The van der Waals surface area contributed by atoms with Crippen molar-refractivity contribution in [3.8, 4) is 22.8 Å². The number of carboxylic acid groups (broad SMARTS) is 1. The predicted molar refractivity (Wildman–Crippen MR) is 118 cm³/mol. The van der Waals surface area contributed by atoms with Crippen LogP contribution in [0.1, 0.15) is 15.9 Å². The lowest BCUT2D eigenvalue weighted by Gasteiger charge is -2.12. The molecule has 0 spiro atoms. The second-order valence-corrected chi connectivity index (χ2v) is 7.39. The van der Waals surface area contributed by atoms with Crippen molar-refractivity contribution < 1.29 is 28.2 Å². The molecule has 1 heterocycles. The fourth-order valence-electron chi connectivity index (χ4n) is 3.07. The molecular weight excluding hydrogens is 440 g/mol. The van der Waals surface area contributed by atoms with Crippen molar-refractivity contribution in [2.75, 3.05) is 25.2 Å². The van der Waals surface area contributed by atoms with E-state index < -0.39 is 12.6 Å². The number of hydrogen-bond donors (Lipinski definition) is 2. The Kier molecular flexibility index (Phi) is 7.82. The minimum absolute atomic E-state index is 0.0347. The zero-order valence-electron chi connectivity index (χ0n) is 17.3. The van der Waals surface area contributed by atoms with Gasteiger partial charge in [-0.3, -0.25) is 0 Å². The summed E-state index contributed by atoms with van der Waals surface area (Å²) < 4.78 is 34.4. The second-order valence-electron chi connectivity index (χ2n) is 6.54. The summed E-state index contributed by atoms with van der Waals surface area (Å²) in [4.78, 5) is 20.5. The monoisotopic (exact) mass is 461 g/mol. The number of aromatic carboxylic acids is 1. The third-order valence-corrected chi connectivity index (χ3v) is 5.36. The number of methoxy groups -OCH3 is 1. The van der Waals surface area contributed by atoms with Gasteiger partial charge in [0.1, 0.15) is 23.6 Å². The summed E-state index contributed by atoms with van der Waals surface area (Å²) in [6.07, 6.45) is 3.80. The molecule has 0 aliphatic rings. The van der Waals surface area contributed by atoms with Gasteiger partial charge in [0.05, 0.1) is 18.4 Å². The van der Waals surface area contributed by atoms with Crippen molar-refractivity contribution >= 4 is 23.5 Å². The van der Waals surface area contributed by atoms with Crippen LogP contribution >= 0.6 is 11.8 Å². The van der Waals surface area contributed by atoms with Gasteiger partial charge in [-0.15, -0.1) is 11.8 Å². The van der Waals surface area contributed by atoms with Gasteiger partial charge < -0.3 is 19.9 Å². The molecule has 168 valence electrons. The van der Waals surface area contributed by atoms with Crippen LogP contribution in [-0.4, -0.2) is 47.6 Å². The lowest BCUT2D eigenvalue weighted by atomic mass is 10.1. The van der Waals surface area contributed by atoms with Crippen molar-refractivity contribution in [3.63, 3.8) is 0 Å². The highest BCUT2D eigenvalue weighted by Gasteiger charge is 2.12. The van der Waals surface area contributed by atoms with Gasteiger partial charge in [0, 0.05) is 29.1 Å². The Hall–Kier alpha value is -3.40. The average Bonchev–Trinajstić information content (AvgIpc) is 2.79. The first kappa shape index (κ1) is 23.3. The first-order chi connectivity index (χ1) is 15.4. The zero-order chi connectivity index (χ0) is 23.1. The number of nitrogens with one attached hydrogen (secondary N) is 1. The third-order valence-electron chi connectivity index (χ3n) is 4.58. The van der Waals surface area contributed by atoms with Crippen LogP contribution in [0.15, 0.2) is 53.7 Å². The molecule has 0 atom stereocenters. The van der Waals surface area contributed by atoms with Crippen LogP contribution < -0.4 is 14.8 Å². The van der Waals surface area contributed by atoms with E-state index in [1.54, 1.807) is 30.3 Å². The van der Waals surface area contributed by atoms with Gasteiger partial charge in [-0.2, -0.15) is 8.78 Å². The van der Waals surface area contributed by atoms with Gasteiger partial charge in [-0.05, 0) is 36.4 Å². The molecule has 2 aromatic carbocycles. The molecule has 0 fully saturated rings. The van der Waals surface area contributed by atoms with E-state index in [0.29, 0.717) is 35.1 Å². The molecule has 3 rings (SSSR count). The molecule has 0 unspecified atom stereocenters. The van der Waals surface area contributed by atoms with Gasteiger partial charge >= 0.3 is 12.6 Å². The number of rotatable bonds is 10. The molecule has 0 aliphatic heterocycles. The van der Waals surface area contributed by atoms with E-state index in [4.69, 9.17) is 4.74 Å². The van der Waals surface area contributed by atoms with Gasteiger partial charge in [0.25, 0.3) is 0 Å². The molecule has 0 bridgehead atoms. The minimum Gasteiger partial charge on any atom is -0.496 e. The Morgan fingerprint density at radius 1 is 1.19 bits per heavy atom. The van der Waals surface area contributed by atoms with Gasteiger partial charge in [-0.25, -0.2) is 14.8 Å². The second kappa shape index (κ2) is 10.8. The number of carboxylic acids is 1. The lowest BCUT2D eigenvalue weighted by Crippen LogP contribution is -2.08. The van der Waals surface area contributed by atoms with E-state index in [1.165, 1.54) is 37.3 Å². The highest BCUT2D eigenvalue weighted by atomic mass is 32.2. The molecule has 0 saturated carbocycles. The number of aromatic nitrogens is 2. The fraction of sp³-hybridized carbons (Fsp3) is 0.227. The molecule has 32 heavy (non-hydrogen) atoms. The van der Waals surface area contributed by atoms with E-state index in [1.807, 2.05) is 6.26 Å². The standard InChI is InChI=1S/C22H21F2N3O4S/c1-30-18-10-15(31-22(23)24)5-3-13(18)7-8-25-20-11-17(26-12-27-20)14-4-6-16(21(28)29)19(9-14)32-2/h3-6,9-12,22H,7-8H2,1-2H3,(H,28,29)(H,25,26,27). The molecule has 0 radical (unpaired) electrons. The van der Waals surface area contributed by atoms with Crippen molar-refractivity contribution in [2.24, 2.45) is 0 Å². The predicted octanol–water partition coefficient (Wildman–Crippen LogP) is 4.83. The van der Waals surface area contributed by atoms with Crippen LogP contribution in [0, 0.1) is 0 Å². The minimum atomic E-state index is -2.90. The maximum atomic E-state index is 12.4. The maximum Gasteiger partial charge on any atom is 0.387 e. The first-order valence-corrected chi connectivity index (χ1v) is 10.7. The number of nitrogens with zero attached hydrogens (tertiary/aromatic N) is 2. The summed E-state index contributed by atoms with van der Waals surface area (Å²) in [5.41, 5.74) is 2.50. The number of anilines is 1. The van der Waals surface area contributed by atoms with E-state index in [-0.39, 0.29) is 11.3 Å². The molecule has 3 aromatic rings. The van der Waals surface area contributed by atoms with Crippen LogP contribution in [0.4, 0.5) is 14.6 Å². The van der Waals surface area contributed by atoms with Crippen molar-refractivity contribution in [2.45, 2.75) is 17.9 Å². The van der Waals surface area contributed by atoms with E-state index >= 15 is 0 Å². The zero-order valence-corrected chi connectivity index (χ0v) is 18.2. The third kappa shape index (κ3) is 5.85. The van der Waals surface area contributed by atoms with Crippen LogP contribution in [0.5, 0.6) is 11.5 Å². The van der Waals surface area contributed by atoms with Crippen LogP contribution in [0.2, 0.25) is 0 Å². The molecule has 2 N–H and O–H groups in total. The first-order valence-electron chi connectivity index (χ1n) is 9.50. The lowest BCUT2D eigenvalue weighted by molar-refractivity contribution is -0.0499. The summed E-state index contributed by atoms with van der Waals surface area (Å²) in [5, 5.41) is 12.5. The molecule has 0 amide bonds. The number of benzene rings is 2. The number of thioether (sulfide) groups is 1. The summed E-state index contributed by atoms with van der Waals surface area (Å²) in [7, 11) is 1.47. The molecular formula is C22H21F2N3O4S. The molecule has 0 aliphatic carbocycles. The number of hydrogen-bond acceptors (Lipinski definition) is 7. The maximum absolute atomic E-state index is 12.4. The largest absolute Gasteiger partial charge is 0.496 e. The van der Waals surface area contributed by atoms with Crippen LogP contribution in [0.25, 0.3) is 11.3 Å². The van der Waals surface area contributed by atoms with Gasteiger partial charge in [0.15, 0.2) is 0 Å². The smallest absolute Gasteiger partial charge is 0.387 e. The molecule has 1 aromatic heterocycles. The Morgan fingerprint density at radius 3 is 2.69 bits per heavy atom. The summed E-state index contributed by atoms with van der Waals surface area (Å²) in [5.74, 6) is 0.110. The Bertz CT molecular complexity index is 1100. The van der Waals surface area contributed by atoms with Crippen LogP contribution in [0.3, 0.4) is 0 Å². The number of alkyl halides is 2.